The highest BCUT2D eigenvalue weighted by Gasteiger charge is 2.38. The van der Waals surface area contributed by atoms with Crippen LogP contribution < -0.4 is 0 Å². The van der Waals surface area contributed by atoms with Gasteiger partial charge in [0, 0.05) is 13.1 Å². The Morgan fingerprint density at radius 3 is 1.61 bits per heavy atom. The third kappa shape index (κ3) is 13.1. The molecule has 1 aromatic carbocycles. The molecule has 0 aliphatic carbocycles. The summed E-state index contributed by atoms with van der Waals surface area (Å²) in [4.78, 5) is 23.0. The maximum absolute atomic E-state index is 13.7. The van der Waals surface area contributed by atoms with E-state index < -0.39 is 24.3 Å². The first-order valence-electron chi connectivity index (χ1n) is 11.5. The predicted octanol–water partition coefficient (Wildman–Crippen LogP) is 4.83. The van der Waals surface area contributed by atoms with E-state index in [-0.39, 0.29) is 5.82 Å². The number of rotatable bonds is 5. The van der Waals surface area contributed by atoms with Gasteiger partial charge in [0.25, 0.3) is 0 Å². The van der Waals surface area contributed by atoms with Crippen molar-refractivity contribution in [2.75, 3.05) is 39.3 Å². The number of aliphatic carboxylic acids is 2. The quantitative estimate of drug-likeness (QED) is 0.529. The Bertz CT molecular complexity index is 780. The lowest BCUT2D eigenvalue weighted by Gasteiger charge is -2.34. The minimum Gasteiger partial charge on any atom is -0.475 e. The fourth-order valence-electron chi connectivity index (χ4n) is 3.85. The van der Waals surface area contributed by atoms with Crippen LogP contribution in [0.3, 0.4) is 0 Å². The van der Waals surface area contributed by atoms with Gasteiger partial charge in [-0.3, -0.25) is 0 Å². The largest absolute Gasteiger partial charge is 0.490 e. The zero-order chi connectivity index (χ0) is 27.4. The van der Waals surface area contributed by atoms with Crippen molar-refractivity contribution in [3.8, 4) is 0 Å². The lowest BCUT2D eigenvalue weighted by molar-refractivity contribution is -0.193. The van der Waals surface area contributed by atoms with Crippen molar-refractivity contribution in [2.45, 2.75) is 50.9 Å². The molecule has 2 heterocycles. The molecule has 3 rings (SSSR count). The Kier molecular flexibility index (Phi) is 13.2. The first kappa shape index (κ1) is 31.6. The monoisotopic (exact) mass is 532 g/mol. The van der Waals surface area contributed by atoms with Crippen LogP contribution in [0.2, 0.25) is 0 Å². The third-order valence-electron chi connectivity index (χ3n) is 5.84. The molecule has 2 aliphatic heterocycles. The van der Waals surface area contributed by atoms with Crippen molar-refractivity contribution in [1.29, 1.82) is 0 Å². The topological polar surface area (TPSA) is 81.1 Å². The number of nitrogens with zero attached hydrogens (tertiary/aromatic N) is 2. The number of halogens is 7. The molecule has 0 atom stereocenters. The van der Waals surface area contributed by atoms with Gasteiger partial charge < -0.3 is 20.0 Å². The second-order valence-corrected chi connectivity index (χ2v) is 8.59. The lowest BCUT2D eigenvalue weighted by Crippen LogP contribution is -2.41. The fourth-order valence-corrected chi connectivity index (χ4v) is 3.85. The fraction of sp³-hybridized carbons (Fsp3) is 0.652. The summed E-state index contributed by atoms with van der Waals surface area (Å²) in [6, 6.07) is 7.26. The van der Waals surface area contributed by atoms with E-state index in [0.717, 1.165) is 12.0 Å². The molecule has 0 spiro atoms. The highest BCUT2D eigenvalue weighted by Crippen LogP contribution is 2.23. The molecule has 13 heteroatoms. The van der Waals surface area contributed by atoms with Gasteiger partial charge in [0.2, 0.25) is 0 Å². The van der Waals surface area contributed by atoms with Crippen LogP contribution in [-0.2, 0) is 16.0 Å². The van der Waals surface area contributed by atoms with E-state index in [4.69, 9.17) is 19.8 Å². The molecular formula is C23H31F7N2O4. The molecule has 2 N–H and O–H groups in total. The van der Waals surface area contributed by atoms with Crippen LogP contribution in [0.25, 0.3) is 0 Å². The van der Waals surface area contributed by atoms with Gasteiger partial charge in [0.1, 0.15) is 5.82 Å². The number of carboxylic acid groups (broad SMARTS) is 2. The Morgan fingerprint density at radius 1 is 0.778 bits per heavy atom. The van der Waals surface area contributed by atoms with Crippen molar-refractivity contribution in [3.63, 3.8) is 0 Å². The molecule has 0 unspecified atom stereocenters. The molecule has 36 heavy (non-hydrogen) atoms. The number of hydrogen-bond donors (Lipinski definition) is 2. The van der Waals surface area contributed by atoms with Gasteiger partial charge in [-0.05, 0) is 75.8 Å². The number of piperidine rings is 2. The Morgan fingerprint density at radius 2 is 1.19 bits per heavy atom. The summed E-state index contributed by atoms with van der Waals surface area (Å²) in [5.41, 5.74) is 0.897. The van der Waals surface area contributed by atoms with Crippen molar-refractivity contribution in [1.82, 2.24) is 9.80 Å². The third-order valence-corrected chi connectivity index (χ3v) is 5.84. The van der Waals surface area contributed by atoms with Gasteiger partial charge in [-0.15, -0.1) is 0 Å². The standard InChI is InChI=1S/C19H29FN2.2C2HF3O2/c20-19-7-3-2-6-18(19)16-17-8-12-22(13-9-17)15-14-21-10-4-1-5-11-21;2*3-2(4,5)1(6)7/h2-3,6-7,17H,1,4-5,8-16H2;2*(H,6,7). The molecule has 0 radical (unpaired) electrons. The lowest BCUT2D eigenvalue weighted by atomic mass is 9.90. The maximum Gasteiger partial charge on any atom is 0.490 e. The van der Waals surface area contributed by atoms with Crippen LogP contribution in [-0.4, -0.2) is 83.6 Å². The average molecular weight is 532 g/mol. The smallest absolute Gasteiger partial charge is 0.475 e. The molecular weight excluding hydrogens is 501 g/mol. The average Bonchev–Trinajstić information content (AvgIpc) is 2.80. The van der Waals surface area contributed by atoms with E-state index in [1.165, 1.54) is 71.4 Å². The van der Waals surface area contributed by atoms with Gasteiger partial charge in [-0.25, -0.2) is 14.0 Å². The van der Waals surface area contributed by atoms with Crippen LogP contribution >= 0.6 is 0 Å². The highest BCUT2D eigenvalue weighted by atomic mass is 19.4. The summed E-state index contributed by atoms with van der Waals surface area (Å²) in [7, 11) is 0. The first-order valence-corrected chi connectivity index (χ1v) is 11.5. The Balaban J connectivity index is 0.000000383. The second kappa shape index (κ2) is 15.0. The Hall–Kier alpha value is -2.41. The summed E-state index contributed by atoms with van der Waals surface area (Å²) in [5, 5.41) is 14.2. The van der Waals surface area contributed by atoms with Crippen molar-refractivity contribution >= 4 is 11.9 Å². The van der Waals surface area contributed by atoms with Crippen molar-refractivity contribution in [3.05, 3.63) is 35.6 Å². The molecule has 1 aromatic rings. The summed E-state index contributed by atoms with van der Waals surface area (Å²) < 4.78 is 77.2. The molecule has 0 bridgehead atoms. The van der Waals surface area contributed by atoms with E-state index in [1.807, 2.05) is 12.1 Å². The molecule has 2 fully saturated rings. The van der Waals surface area contributed by atoms with Crippen LogP contribution in [0.5, 0.6) is 0 Å². The number of alkyl halides is 6. The van der Waals surface area contributed by atoms with Crippen LogP contribution in [0, 0.1) is 11.7 Å². The van der Waals surface area contributed by atoms with Crippen molar-refractivity contribution < 1.29 is 50.5 Å². The van der Waals surface area contributed by atoms with Crippen LogP contribution in [0.15, 0.2) is 24.3 Å². The number of likely N-dealkylation sites (tertiary alicyclic amines) is 2. The molecule has 0 aromatic heterocycles. The SMILES string of the molecule is Fc1ccccc1CC1CCN(CCN2CCCCC2)CC1.O=C(O)C(F)(F)F.O=C(O)C(F)(F)F. The number of carboxylic acids is 2. The van der Waals surface area contributed by atoms with Gasteiger partial charge in [0.15, 0.2) is 0 Å². The number of carbonyl (C=O) groups is 2. The molecule has 6 nitrogen and oxygen atoms in total. The van der Waals surface area contributed by atoms with Gasteiger partial charge in [-0.1, -0.05) is 24.6 Å². The van der Waals surface area contributed by atoms with E-state index >= 15 is 0 Å². The van der Waals surface area contributed by atoms with E-state index in [2.05, 4.69) is 9.80 Å². The normalized spacial score (nSPS) is 17.9. The number of benzene rings is 1. The van der Waals surface area contributed by atoms with Crippen LogP contribution in [0.1, 0.15) is 37.7 Å². The van der Waals surface area contributed by atoms with E-state index in [0.29, 0.717) is 5.92 Å². The van der Waals surface area contributed by atoms with Gasteiger partial charge in [-0.2, -0.15) is 26.3 Å². The second-order valence-electron chi connectivity index (χ2n) is 8.59. The number of hydrogen-bond acceptors (Lipinski definition) is 4. The summed E-state index contributed by atoms with van der Waals surface area (Å²) >= 11 is 0. The van der Waals surface area contributed by atoms with E-state index in [9.17, 15) is 30.7 Å². The minimum absolute atomic E-state index is 0.0324. The molecule has 0 amide bonds. The van der Waals surface area contributed by atoms with E-state index in [1.54, 1.807) is 12.1 Å². The van der Waals surface area contributed by atoms with Gasteiger partial charge >= 0.3 is 24.3 Å². The molecule has 206 valence electrons. The van der Waals surface area contributed by atoms with Crippen LogP contribution in [0.4, 0.5) is 30.7 Å². The Labute approximate surface area is 204 Å². The molecule has 2 aliphatic rings. The maximum atomic E-state index is 13.7. The predicted molar refractivity (Wildman–Crippen MR) is 117 cm³/mol. The summed E-state index contributed by atoms with van der Waals surface area (Å²) in [6.45, 7) is 7.41. The van der Waals surface area contributed by atoms with Crippen molar-refractivity contribution in [2.24, 2.45) is 5.92 Å². The molecule has 0 saturated carbocycles. The van der Waals surface area contributed by atoms with Gasteiger partial charge in [0.05, 0.1) is 0 Å². The summed E-state index contributed by atoms with van der Waals surface area (Å²) in [5.74, 6) is -4.89. The minimum atomic E-state index is -5.08. The summed E-state index contributed by atoms with van der Waals surface area (Å²) in [6.07, 6.45) is -2.65. The molecule has 2 saturated heterocycles. The highest BCUT2D eigenvalue weighted by molar-refractivity contribution is 5.73. The zero-order valence-electron chi connectivity index (χ0n) is 19.6. The zero-order valence-corrected chi connectivity index (χ0v) is 19.6. The first-order chi connectivity index (χ1) is 16.7.